The molecule has 0 radical (unpaired) electrons. The van der Waals surface area contributed by atoms with Crippen molar-refractivity contribution in [1.29, 1.82) is 0 Å². The third-order valence-corrected chi connectivity index (χ3v) is 5.68. The lowest BCUT2D eigenvalue weighted by Crippen LogP contribution is -2.32. The normalized spacial score (nSPS) is 38.7. The minimum atomic E-state index is 0.815. The van der Waals surface area contributed by atoms with Gasteiger partial charge in [-0.3, -0.25) is 0 Å². The van der Waals surface area contributed by atoms with Crippen LogP contribution in [0.25, 0.3) is 0 Å². The van der Waals surface area contributed by atoms with Gasteiger partial charge in [0, 0.05) is 12.1 Å². The second-order valence-electron chi connectivity index (χ2n) is 6.79. The summed E-state index contributed by atoms with van der Waals surface area (Å²) in [6.45, 7) is 14.9. The Labute approximate surface area is 114 Å². The summed E-state index contributed by atoms with van der Waals surface area (Å²) < 4.78 is 0. The highest BCUT2D eigenvalue weighted by Crippen LogP contribution is 2.25. The minimum absolute atomic E-state index is 0.815. The van der Waals surface area contributed by atoms with Gasteiger partial charge in [-0.1, -0.05) is 13.8 Å². The van der Waals surface area contributed by atoms with E-state index in [-0.39, 0.29) is 0 Å². The molecule has 0 amide bonds. The first-order valence-corrected chi connectivity index (χ1v) is 8.07. The van der Waals surface area contributed by atoms with Crippen LogP contribution in [0.15, 0.2) is 0 Å². The smallest absolute Gasteiger partial charge is 0.00930 e. The van der Waals surface area contributed by atoms with Crippen molar-refractivity contribution >= 4 is 0 Å². The number of likely N-dealkylation sites (tertiary alicyclic amines) is 2. The van der Waals surface area contributed by atoms with E-state index in [0.29, 0.717) is 0 Å². The summed E-state index contributed by atoms with van der Waals surface area (Å²) in [4.78, 5) is 5.39. The van der Waals surface area contributed by atoms with Crippen molar-refractivity contribution in [3.8, 4) is 0 Å². The van der Waals surface area contributed by atoms with Crippen LogP contribution in [0.4, 0.5) is 0 Å². The molecule has 2 nitrogen and oxygen atoms in total. The third kappa shape index (κ3) is 3.27. The van der Waals surface area contributed by atoms with Gasteiger partial charge in [-0.25, -0.2) is 0 Å². The van der Waals surface area contributed by atoms with Gasteiger partial charge in [-0.2, -0.15) is 0 Å². The molecule has 2 heteroatoms. The lowest BCUT2D eigenvalue weighted by atomic mass is 10.0. The van der Waals surface area contributed by atoms with E-state index in [0.717, 1.165) is 23.9 Å². The first-order valence-electron chi connectivity index (χ1n) is 8.07. The fourth-order valence-corrected chi connectivity index (χ4v) is 3.61. The van der Waals surface area contributed by atoms with Gasteiger partial charge in [0.15, 0.2) is 0 Å². The highest BCUT2D eigenvalue weighted by molar-refractivity contribution is 4.82. The zero-order valence-corrected chi connectivity index (χ0v) is 12.9. The van der Waals surface area contributed by atoms with Crippen molar-refractivity contribution in [2.75, 3.05) is 26.2 Å². The van der Waals surface area contributed by atoms with E-state index in [9.17, 15) is 0 Å². The molecule has 2 saturated heterocycles. The van der Waals surface area contributed by atoms with Gasteiger partial charge in [0.2, 0.25) is 0 Å². The fraction of sp³-hybridized carbons (Fsp3) is 1.00. The SMILES string of the molecule is CC1CCN(CCCCN2CCC(C)C2C)C1C. The molecule has 0 aromatic rings. The van der Waals surface area contributed by atoms with E-state index >= 15 is 0 Å². The number of hydrogen-bond acceptors (Lipinski definition) is 2. The lowest BCUT2D eigenvalue weighted by molar-refractivity contribution is 0.217. The van der Waals surface area contributed by atoms with Gasteiger partial charge in [0.25, 0.3) is 0 Å². The van der Waals surface area contributed by atoms with Crippen LogP contribution in [0.1, 0.15) is 53.4 Å². The van der Waals surface area contributed by atoms with E-state index < -0.39 is 0 Å². The Hall–Kier alpha value is -0.0800. The second kappa shape index (κ2) is 6.38. The molecule has 18 heavy (non-hydrogen) atoms. The molecule has 0 aromatic heterocycles. The van der Waals surface area contributed by atoms with Gasteiger partial charge in [0.1, 0.15) is 0 Å². The van der Waals surface area contributed by atoms with Crippen LogP contribution in [0.5, 0.6) is 0 Å². The van der Waals surface area contributed by atoms with Gasteiger partial charge < -0.3 is 9.80 Å². The zero-order valence-electron chi connectivity index (χ0n) is 12.9. The van der Waals surface area contributed by atoms with E-state index in [1.54, 1.807) is 0 Å². The number of unbranched alkanes of at least 4 members (excludes halogenated alkanes) is 1. The fourth-order valence-electron chi connectivity index (χ4n) is 3.61. The summed E-state index contributed by atoms with van der Waals surface area (Å²) in [6, 6.07) is 1.63. The molecule has 2 fully saturated rings. The van der Waals surface area contributed by atoms with Crippen LogP contribution in [-0.4, -0.2) is 48.1 Å². The van der Waals surface area contributed by atoms with Crippen LogP contribution in [0, 0.1) is 11.8 Å². The predicted molar refractivity (Wildman–Crippen MR) is 78.9 cm³/mol. The second-order valence-corrected chi connectivity index (χ2v) is 6.79. The highest BCUT2D eigenvalue weighted by Gasteiger charge is 2.28. The number of rotatable bonds is 5. The predicted octanol–water partition coefficient (Wildman–Crippen LogP) is 3.23. The van der Waals surface area contributed by atoms with Crippen molar-refractivity contribution in [2.24, 2.45) is 11.8 Å². The summed E-state index contributed by atoms with van der Waals surface area (Å²) in [5.41, 5.74) is 0. The summed E-state index contributed by atoms with van der Waals surface area (Å²) in [6.07, 6.45) is 5.58. The Morgan fingerprint density at radius 2 is 1.11 bits per heavy atom. The van der Waals surface area contributed by atoms with Gasteiger partial charge in [0.05, 0.1) is 0 Å². The number of hydrogen-bond donors (Lipinski definition) is 0. The van der Waals surface area contributed by atoms with Crippen molar-refractivity contribution in [3.63, 3.8) is 0 Å². The maximum atomic E-state index is 2.70. The van der Waals surface area contributed by atoms with Crippen LogP contribution >= 0.6 is 0 Å². The van der Waals surface area contributed by atoms with Crippen molar-refractivity contribution < 1.29 is 0 Å². The molecule has 0 N–H and O–H groups in total. The molecule has 0 aliphatic carbocycles. The molecular weight excluding hydrogens is 220 g/mol. The Morgan fingerprint density at radius 1 is 0.722 bits per heavy atom. The molecule has 2 heterocycles. The Morgan fingerprint density at radius 3 is 1.39 bits per heavy atom. The molecular formula is C16H32N2. The zero-order chi connectivity index (χ0) is 13.1. The molecule has 4 atom stereocenters. The average molecular weight is 252 g/mol. The lowest BCUT2D eigenvalue weighted by Gasteiger charge is -2.25. The Bertz CT molecular complexity index is 227. The molecule has 2 aliphatic rings. The average Bonchev–Trinajstić information content (AvgIpc) is 2.83. The van der Waals surface area contributed by atoms with Crippen LogP contribution in [0.2, 0.25) is 0 Å². The molecule has 4 unspecified atom stereocenters. The molecule has 0 bridgehead atoms. The maximum absolute atomic E-state index is 2.70. The standard InChI is InChI=1S/C16H32N2/c1-13-7-11-17(15(13)3)9-5-6-10-18-12-8-14(2)16(18)4/h13-16H,5-12H2,1-4H3. The Kier molecular flexibility index (Phi) is 5.08. The van der Waals surface area contributed by atoms with E-state index in [1.807, 2.05) is 0 Å². The van der Waals surface area contributed by atoms with Gasteiger partial charge in [-0.15, -0.1) is 0 Å². The Balaban J connectivity index is 1.59. The summed E-state index contributed by atoms with van der Waals surface area (Å²) in [5, 5.41) is 0. The molecule has 0 spiro atoms. The van der Waals surface area contributed by atoms with Crippen molar-refractivity contribution in [3.05, 3.63) is 0 Å². The van der Waals surface area contributed by atoms with Crippen LogP contribution in [-0.2, 0) is 0 Å². The van der Waals surface area contributed by atoms with E-state index in [1.165, 1.54) is 51.9 Å². The molecule has 2 rings (SSSR count). The minimum Gasteiger partial charge on any atom is -0.300 e. The molecule has 0 aromatic carbocycles. The molecule has 0 saturated carbocycles. The quantitative estimate of drug-likeness (QED) is 0.693. The van der Waals surface area contributed by atoms with Gasteiger partial charge >= 0.3 is 0 Å². The van der Waals surface area contributed by atoms with Crippen LogP contribution in [0.3, 0.4) is 0 Å². The van der Waals surface area contributed by atoms with Crippen molar-refractivity contribution in [1.82, 2.24) is 9.80 Å². The van der Waals surface area contributed by atoms with E-state index in [4.69, 9.17) is 0 Å². The molecule has 106 valence electrons. The topological polar surface area (TPSA) is 6.48 Å². The van der Waals surface area contributed by atoms with Gasteiger partial charge in [-0.05, 0) is 77.5 Å². The van der Waals surface area contributed by atoms with E-state index in [2.05, 4.69) is 37.5 Å². The maximum Gasteiger partial charge on any atom is 0.00930 e. The third-order valence-electron chi connectivity index (χ3n) is 5.68. The first kappa shape index (κ1) is 14.3. The first-order chi connectivity index (χ1) is 8.59. The van der Waals surface area contributed by atoms with Crippen LogP contribution < -0.4 is 0 Å². The summed E-state index contributed by atoms with van der Waals surface area (Å²) in [7, 11) is 0. The summed E-state index contributed by atoms with van der Waals surface area (Å²) >= 11 is 0. The number of nitrogens with zero attached hydrogens (tertiary/aromatic N) is 2. The molecule has 2 aliphatic heterocycles. The largest absolute Gasteiger partial charge is 0.300 e. The van der Waals surface area contributed by atoms with Crippen molar-refractivity contribution in [2.45, 2.75) is 65.5 Å². The summed E-state index contributed by atoms with van der Waals surface area (Å²) in [5.74, 6) is 1.81. The highest BCUT2D eigenvalue weighted by atomic mass is 15.2. The monoisotopic (exact) mass is 252 g/mol.